The predicted molar refractivity (Wildman–Crippen MR) is 74.2 cm³/mol. The van der Waals surface area contributed by atoms with Crippen molar-refractivity contribution in [1.29, 1.82) is 0 Å². The number of hydrogen-bond donors (Lipinski definition) is 1. The lowest BCUT2D eigenvalue weighted by molar-refractivity contribution is 0.415. The Labute approximate surface area is 112 Å². The largest absolute Gasteiger partial charge is 0.496 e. The molecule has 98 valence electrons. The zero-order chi connectivity index (χ0) is 13.0. The molecule has 1 N–H and O–H groups in total. The van der Waals surface area contributed by atoms with Crippen molar-refractivity contribution in [2.75, 3.05) is 14.2 Å². The van der Waals surface area contributed by atoms with E-state index < -0.39 is 0 Å². The maximum absolute atomic E-state index is 5.23. The van der Waals surface area contributed by atoms with Crippen LogP contribution in [0.2, 0.25) is 0 Å². The average Bonchev–Trinajstić information content (AvgIpc) is 3.00. The number of rotatable bonds is 6. The summed E-state index contributed by atoms with van der Waals surface area (Å²) in [6, 6.07) is 2.46. The Morgan fingerprint density at radius 1 is 1.56 bits per heavy atom. The number of thiophene rings is 1. The molecule has 0 aliphatic heterocycles. The van der Waals surface area contributed by atoms with Gasteiger partial charge in [-0.2, -0.15) is 0 Å². The highest BCUT2D eigenvalue weighted by Crippen LogP contribution is 2.29. The molecule has 4 nitrogen and oxygen atoms in total. The fourth-order valence-electron chi connectivity index (χ4n) is 1.96. The van der Waals surface area contributed by atoms with Gasteiger partial charge in [0, 0.05) is 42.2 Å². The van der Waals surface area contributed by atoms with Gasteiger partial charge in [0.1, 0.15) is 11.6 Å². The van der Waals surface area contributed by atoms with Crippen LogP contribution >= 0.6 is 11.3 Å². The van der Waals surface area contributed by atoms with Crippen molar-refractivity contribution >= 4 is 11.3 Å². The average molecular weight is 265 g/mol. The summed E-state index contributed by atoms with van der Waals surface area (Å²) in [5.41, 5.74) is 0. The topological polar surface area (TPSA) is 39.1 Å². The van der Waals surface area contributed by atoms with Gasteiger partial charge in [0.2, 0.25) is 0 Å². The van der Waals surface area contributed by atoms with E-state index in [9.17, 15) is 0 Å². The molecule has 1 unspecified atom stereocenters. The lowest BCUT2D eigenvalue weighted by Crippen LogP contribution is -2.16. The molecule has 0 aliphatic rings. The van der Waals surface area contributed by atoms with Crippen LogP contribution in [0, 0.1) is 0 Å². The zero-order valence-electron chi connectivity index (χ0n) is 11.0. The Bertz CT molecular complexity index is 492. The summed E-state index contributed by atoms with van der Waals surface area (Å²) >= 11 is 1.73. The monoisotopic (exact) mass is 265 g/mol. The van der Waals surface area contributed by atoms with Gasteiger partial charge in [0.25, 0.3) is 0 Å². The number of imidazole rings is 1. The third-order valence-electron chi connectivity index (χ3n) is 3.10. The van der Waals surface area contributed by atoms with Crippen molar-refractivity contribution in [3.05, 3.63) is 34.5 Å². The van der Waals surface area contributed by atoms with Crippen molar-refractivity contribution in [2.45, 2.75) is 18.9 Å². The lowest BCUT2D eigenvalue weighted by atomic mass is 10.1. The number of aryl methyl sites for hydroxylation is 2. The number of nitrogens with zero attached hydrogens (tertiary/aromatic N) is 2. The van der Waals surface area contributed by atoms with Crippen LogP contribution in [0.3, 0.4) is 0 Å². The van der Waals surface area contributed by atoms with Gasteiger partial charge in [-0.15, -0.1) is 11.3 Å². The van der Waals surface area contributed by atoms with Crippen molar-refractivity contribution in [1.82, 2.24) is 14.9 Å². The summed E-state index contributed by atoms with van der Waals surface area (Å²) in [7, 11) is 5.73. The second kappa shape index (κ2) is 6.02. The fourth-order valence-corrected chi connectivity index (χ4v) is 2.96. The molecule has 2 rings (SSSR count). The molecule has 0 aromatic carbocycles. The normalized spacial score (nSPS) is 12.6. The number of aromatic nitrogens is 2. The van der Waals surface area contributed by atoms with Crippen molar-refractivity contribution in [2.24, 2.45) is 7.05 Å². The van der Waals surface area contributed by atoms with Gasteiger partial charge in [0.15, 0.2) is 0 Å². The van der Waals surface area contributed by atoms with E-state index in [1.165, 1.54) is 4.88 Å². The van der Waals surface area contributed by atoms with E-state index in [-0.39, 0.29) is 0 Å². The third-order valence-corrected chi connectivity index (χ3v) is 4.13. The fraction of sp³-hybridized carbons (Fsp3) is 0.462. The van der Waals surface area contributed by atoms with Gasteiger partial charge >= 0.3 is 0 Å². The molecule has 0 fully saturated rings. The first-order valence-corrected chi connectivity index (χ1v) is 6.88. The van der Waals surface area contributed by atoms with Crippen LogP contribution in [0.25, 0.3) is 0 Å². The molecular weight excluding hydrogens is 246 g/mol. The second-order valence-corrected chi connectivity index (χ2v) is 5.17. The zero-order valence-corrected chi connectivity index (χ0v) is 11.8. The highest BCUT2D eigenvalue weighted by molar-refractivity contribution is 7.10. The van der Waals surface area contributed by atoms with E-state index in [0.717, 1.165) is 24.4 Å². The maximum Gasteiger partial charge on any atom is 0.129 e. The van der Waals surface area contributed by atoms with Crippen molar-refractivity contribution < 1.29 is 4.74 Å². The Balaban J connectivity index is 1.99. The summed E-state index contributed by atoms with van der Waals surface area (Å²) in [5, 5.41) is 5.40. The van der Waals surface area contributed by atoms with E-state index in [2.05, 4.69) is 20.9 Å². The van der Waals surface area contributed by atoms with E-state index in [0.29, 0.717) is 6.04 Å². The van der Waals surface area contributed by atoms with Crippen LogP contribution in [-0.2, 0) is 13.5 Å². The van der Waals surface area contributed by atoms with Crippen LogP contribution in [0.15, 0.2) is 23.8 Å². The summed E-state index contributed by atoms with van der Waals surface area (Å²) in [5.74, 6) is 2.06. The number of ether oxygens (including phenoxy) is 1. The van der Waals surface area contributed by atoms with Crippen LogP contribution < -0.4 is 10.1 Å². The summed E-state index contributed by atoms with van der Waals surface area (Å²) in [6.07, 6.45) is 5.83. The molecule has 0 saturated carbocycles. The standard InChI is InChI=1S/C13H19N3OS/c1-14-11(12-8-10(17-3)9-18-12)4-5-13-15-6-7-16(13)2/h6-9,11,14H,4-5H2,1-3H3. The summed E-state index contributed by atoms with van der Waals surface area (Å²) < 4.78 is 7.30. The maximum atomic E-state index is 5.23. The van der Waals surface area contributed by atoms with Crippen molar-refractivity contribution in [3.8, 4) is 5.75 Å². The Kier molecular flexibility index (Phi) is 4.38. The third kappa shape index (κ3) is 2.91. The molecule has 0 spiro atoms. The Hall–Kier alpha value is -1.33. The minimum absolute atomic E-state index is 0.357. The first kappa shape index (κ1) is 13.1. The molecule has 0 saturated heterocycles. The first-order chi connectivity index (χ1) is 8.74. The van der Waals surface area contributed by atoms with E-state index >= 15 is 0 Å². The van der Waals surface area contributed by atoms with Crippen LogP contribution in [0.5, 0.6) is 5.75 Å². The molecule has 2 aromatic heterocycles. The molecule has 5 heteroatoms. The van der Waals surface area contributed by atoms with Gasteiger partial charge in [-0.1, -0.05) is 0 Å². The predicted octanol–water partition coefficient (Wildman–Crippen LogP) is 2.38. The highest BCUT2D eigenvalue weighted by atomic mass is 32.1. The van der Waals surface area contributed by atoms with Gasteiger partial charge in [-0.3, -0.25) is 0 Å². The lowest BCUT2D eigenvalue weighted by Gasteiger charge is -2.14. The van der Waals surface area contributed by atoms with Gasteiger partial charge in [-0.05, 0) is 19.5 Å². The quantitative estimate of drug-likeness (QED) is 0.871. The van der Waals surface area contributed by atoms with Crippen LogP contribution in [-0.4, -0.2) is 23.7 Å². The first-order valence-electron chi connectivity index (χ1n) is 6.00. The molecule has 0 radical (unpaired) electrons. The van der Waals surface area contributed by atoms with Crippen LogP contribution in [0.4, 0.5) is 0 Å². The van der Waals surface area contributed by atoms with E-state index in [4.69, 9.17) is 4.74 Å². The Morgan fingerprint density at radius 2 is 2.39 bits per heavy atom. The Morgan fingerprint density at radius 3 is 2.94 bits per heavy atom. The molecule has 18 heavy (non-hydrogen) atoms. The molecule has 0 aliphatic carbocycles. The summed E-state index contributed by atoms with van der Waals surface area (Å²) in [4.78, 5) is 5.66. The van der Waals surface area contributed by atoms with Crippen LogP contribution in [0.1, 0.15) is 23.2 Å². The molecule has 2 heterocycles. The van der Waals surface area contributed by atoms with E-state index in [1.54, 1.807) is 18.4 Å². The van der Waals surface area contributed by atoms with E-state index in [1.807, 2.05) is 31.9 Å². The van der Waals surface area contributed by atoms with Crippen molar-refractivity contribution in [3.63, 3.8) is 0 Å². The summed E-state index contributed by atoms with van der Waals surface area (Å²) in [6.45, 7) is 0. The minimum atomic E-state index is 0.357. The van der Waals surface area contributed by atoms with Gasteiger partial charge < -0.3 is 14.6 Å². The number of hydrogen-bond acceptors (Lipinski definition) is 4. The number of methoxy groups -OCH3 is 1. The van der Waals surface area contributed by atoms with Gasteiger partial charge in [0.05, 0.1) is 7.11 Å². The molecular formula is C13H19N3OS. The SMILES string of the molecule is CNC(CCc1nccn1C)c1cc(OC)cs1. The minimum Gasteiger partial charge on any atom is -0.496 e. The molecule has 0 amide bonds. The van der Waals surface area contributed by atoms with Gasteiger partial charge in [-0.25, -0.2) is 4.98 Å². The molecule has 0 bridgehead atoms. The molecule has 2 aromatic rings. The molecule has 1 atom stereocenters. The highest BCUT2D eigenvalue weighted by Gasteiger charge is 2.13. The smallest absolute Gasteiger partial charge is 0.129 e. The number of nitrogens with one attached hydrogen (secondary N) is 1. The second-order valence-electron chi connectivity index (χ2n) is 4.22.